The number of tetrazole rings is 1. The van der Waals surface area contributed by atoms with E-state index in [2.05, 4.69) is 15.4 Å². The first-order valence-electron chi connectivity index (χ1n) is 9.93. The van der Waals surface area contributed by atoms with E-state index in [1.54, 1.807) is 23.1 Å². The van der Waals surface area contributed by atoms with Gasteiger partial charge in [0.25, 0.3) is 5.91 Å². The molecule has 0 aliphatic carbocycles. The molecule has 31 heavy (non-hydrogen) atoms. The number of benzene rings is 2. The van der Waals surface area contributed by atoms with E-state index in [-0.39, 0.29) is 35.6 Å². The molecule has 162 valence electrons. The van der Waals surface area contributed by atoms with Gasteiger partial charge < -0.3 is 15.4 Å². The third kappa shape index (κ3) is 5.02. The van der Waals surface area contributed by atoms with Crippen LogP contribution < -0.4 is 10.5 Å². The standard InChI is InChI=1S/C21H22F2N6O2/c22-16-3-1-14(2-4-16)15-7-8-28(10-15)21(30)19-6-5-18(9-20(19)23)31-12-17(24)11-29-26-13-25-27-29/h1-6,9,13,15,17H,7-8,10-12,24H2. The third-order valence-electron chi connectivity index (χ3n) is 5.24. The van der Waals surface area contributed by atoms with E-state index < -0.39 is 11.9 Å². The maximum absolute atomic E-state index is 14.6. The molecule has 4 rings (SSSR count). The Morgan fingerprint density at radius 2 is 2.03 bits per heavy atom. The molecule has 0 bridgehead atoms. The van der Waals surface area contributed by atoms with Crippen molar-refractivity contribution in [2.75, 3.05) is 19.7 Å². The van der Waals surface area contributed by atoms with E-state index in [1.165, 1.54) is 35.4 Å². The number of halogens is 2. The van der Waals surface area contributed by atoms with E-state index in [4.69, 9.17) is 10.5 Å². The average molecular weight is 428 g/mol. The first kappa shape index (κ1) is 20.9. The summed E-state index contributed by atoms with van der Waals surface area (Å²) in [6.07, 6.45) is 2.06. The first-order chi connectivity index (χ1) is 15.0. The number of aromatic nitrogens is 4. The molecular formula is C21H22F2N6O2. The molecule has 1 amide bonds. The van der Waals surface area contributed by atoms with Crippen LogP contribution in [0.3, 0.4) is 0 Å². The van der Waals surface area contributed by atoms with Gasteiger partial charge in [0.2, 0.25) is 0 Å². The second-order valence-electron chi connectivity index (χ2n) is 7.49. The lowest BCUT2D eigenvalue weighted by atomic mass is 9.98. The van der Waals surface area contributed by atoms with Crippen molar-refractivity contribution in [2.24, 2.45) is 5.73 Å². The molecule has 1 aromatic heterocycles. The summed E-state index contributed by atoms with van der Waals surface area (Å²) in [5, 5.41) is 11.2. The summed E-state index contributed by atoms with van der Waals surface area (Å²) in [5.41, 5.74) is 6.91. The molecule has 2 unspecified atom stereocenters. The van der Waals surface area contributed by atoms with Gasteiger partial charge >= 0.3 is 0 Å². The van der Waals surface area contributed by atoms with E-state index in [1.807, 2.05) is 0 Å². The fourth-order valence-electron chi connectivity index (χ4n) is 3.62. The Balaban J connectivity index is 1.34. The van der Waals surface area contributed by atoms with Gasteiger partial charge in [-0.1, -0.05) is 12.1 Å². The third-order valence-corrected chi connectivity index (χ3v) is 5.24. The number of carbonyl (C=O) groups is 1. The molecule has 0 radical (unpaired) electrons. The Morgan fingerprint density at radius 3 is 2.74 bits per heavy atom. The molecule has 2 heterocycles. The minimum Gasteiger partial charge on any atom is -0.492 e. The van der Waals surface area contributed by atoms with Crippen molar-refractivity contribution in [1.82, 2.24) is 25.1 Å². The molecule has 1 aliphatic rings. The topological polar surface area (TPSA) is 99.2 Å². The number of hydrogen-bond acceptors (Lipinski definition) is 6. The zero-order valence-corrected chi connectivity index (χ0v) is 16.7. The SMILES string of the molecule is NC(COc1ccc(C(=O)N2CCC(c3ccc(F)cc3)C2)c(F)c1)Cn1ncnn1. The van der Waals surface area contributed by atoms with Crippen LogP contribution in [-0.4, -0.2) is 56.8 Å². The van der Waals surface area contributed by atoms with Crippen molar-refractivity contribution in [3.8, 4) is 5.75 Å². The lowest BCUT2D eigenvalue weighted by molar-refractivity contribution is 0.0786. The van der Waals surface area contributed by atoms with Gasteiger partial charge in [-0.05, 0) is 41.5 Å². The van der Waals surface area contributed by atoms with Crippen LogP contribution in [0, 0.1) is 11.6 Å². The molecule has 8 nitrogen and oxygen atoms in total. The molecule has 1 aliphatic heterocycles. The van der Waals surface area contributed by atoms with E-state index in [9.17, 15) is 13.6 Å². The van der Waals surface area contributed by atoms with Crippen molar-refractivity contribution in [1.29, 1.82) is 0 Å². The van der Waals surface area contributed by atoms with Gasteiger partial charge in [0.05, 0.1) is 18.2 Å². The smallest absolute Gasteiger partial charge is 0.256 e. The highest BCUT2D eigenvalue weighted by molar-refractivity contribution is 5.94. The van der Waals surface area contributed by atoms with Crippen molar-refractivity contribution < 1.29 is 18.3 Å². The molecule has 3 aromatic rings. The number of nitrogens with two attached hydrogens (primary N) is 1. The normalized spacial score (nSPS) is 17.0. The zero-order valence-electron chi connectivity index (χ0n) is 16.7. The predicted octanol–water partition coefficient (Wildman–Crippen LogP) is 1.99. The van der Waals surface area contributed by atoms with Gasteiger partial charge in [-0.25, -0.2) is 8.78 Å². The van der Waals surface area contributed by atoms with Crippen molar-refractivity contribution in [3.05, 3.63) is 71.6 Å². The monoisotopic (exact) mass is 428 g/mol. The van der Waals surface area contributed by atoms with Gasteiger partial charge in [-0.15, -0.1) is 10.2 Å². The first-order valence-corrected chi connectivity index (χ1v) is 9.93. The van der Waals surface area contributed by atoms with E-state index >= 15 is 0 Å². The molecule has 2 aromatic carbocycles. The molecular weight excluding hydrogens is 406 g/mol. The Bertz CT molecular complexity index is 1030. The van der Waals surface area contributed by atoms with Crippen LogP contribution in [0.1, 0.15) is 28.3 Å². The maximum atomic E-state index is 14.6. The summed E-state index contributed by atoms with van der Waals surface area (Å²) in [6, 6.07) is 10.0. The second-order valence-corrected chi connectivity index (χ2v) is 7.49. The van der Waals surface area contributed by atoms with Crippen LogP contribution >= 0.6 is 0 Å². The fraction of sp³-hybridized carbons (Fsp3) is 0.333. The van der Waals surface area contributed by atoms with Crippen LogP contribution in [0.25, 0.3) is 0 Å². The van der Waals surface area contributed by atoms with Crippen LogP contribution in [0.4, 0.5) is 8.78 Å². The molecule has 2 N–H and O–H groups in total. The number of amides is 1. The number of likely N-dealkylation sites (tertiary alicyclic amines) is 1. The molecule has 0 saturated carbocycles. The lowest BCUT2D eigenvalue weighted by Gasteiger charge is -2.18. The van der Waals surface area contributed by atoms with Crippen LogP contribution in [0.2, 0.25) is 0 Å². The van der Waals surface area contributed by atoms with Gasteiger partial charge in [0, 0.05) is 25.1 Å². The Hall–Kier alpha value is -3.40. The number of ether oxygens (including phenoxy) is 1. The van der Waals surface area contributed by atoms with Crippen molar-refractivity contribution in [2.45, 2.75) is 24.9 Å². The summed E-state index contributed by atoms with van der Waals surface area (Å²) >= 11 is 0. The van der Waals surface area contributed by atoms with Gasteiger partial charge in [0.15, 0.2) is 6.33 Å². The average Bonchev–Trinajstić information content (AvgIpc) is 3.45. The van der Waals surface area contributed by atoms with Crippen LogP contribution in [0.5, 0.6) is 5.75 Å². The number of hydrogen-bond donors (Lipinski definition) is 1. The molecule has 10 heteroatoms. The van der Waals surface area contributed by atoms with Crippen molar-refractivity contribution >= 4 is 5.91 Å². The second kappa shape index (κ2) is 9.17. The van der Waals surface area contributed by atoms with Gasteiger partial charge in [0.1, 0.15) is 24.0 Å². The number of nitrogens with zero attached hydrogens (tertiary/aromatic N) is 5. The Morgan fingerprint density at radius 1 is 1.23 bits per heavy atom. The van der Waals surface area contributed by atoms with Gasteiger partial charge in [-0.3, -0.25) is 4.79 Å². The summed E-state index contributed by atoms with van der Waals surface area (Å²) in [6.45, 7) is 1.42. The number of rotatable bonds is 7. The summed E-state index contributed by atoms with van der Waals surface area (Å²) < 4.78 is 33.3. The van der Waals surface area contributed by atoms with E-state index in [0.717, 1.165) is 12.0 Å². The molecule has 0 spiro atoms. The zero-order chi connectivity index (χ0) is 21.8. The summed E-state index contributed by atoms with van der Waals surface area (Å²) in [4.78, 5) is 15.8. The Labute approximate surface area is 177 Å². The maximum Gasteiger partial charge on any atom is 0.256 e. The highest BCUT2D eigenvalue weighted by atomic mass is 19.1. The molecule has 1 saturated heterocycles. The predicted molar refractivity (Wildman–Crippen MR) is 107 cm³/mol. The minimum atomic E-state index is -0.653. The van der Waals surface area contributed by atoms with Crippen LogP contribution in [0.15, 0.2) is 48.8 Å². The lowest BCUT2D eigenvalue weighted by Crippen LogP contribution is -2.33. The Kier molecular flexibility index (Phi) is 6.17. The minimum absolute atomic E-state index is 0.0109. The summed E-state index contributed by atoms with van der Waals surface area (Å²) in [7, 11) is 0. The van der Waals surface area contributed by atoms with Gasteiger partial charge in [-0.2, -0.15) is 4.80 Å². The van der Waals surface area contributed by atoms with Crippen molar-refractivity contribution in [3.63, 3.8) is 0 Å². The van der Waals surface area contributed by atoms with E-state index in [0.29, 0.717) is 19.6 Å². The number of carbonyl (C=O) groups excluding carboxylic acids is 1. The molecule has 2 atom stereocenters. The largest absolute Gasteiger partial charge is 0.492 e. The highest BCUT2D eigenvalue weighted by Crippen LogP contribution is 2.29. The fourth-order valence-corrected chi connectivity index (χ4v) is 3.62. The van der Waals surface area contributed by atoms with Crippen LogP contribution in [-0.2, 0) is 6.54 Å². The summed E-state index contributed by atoms with van der Waals surface area (Å²) in [5.74, 6) is -0.935. The molecule has 1 fully saturated rings. The highest BCUT2D eigenvalue weighted by Gasteiger charge is 2.29. The quantitative estimate of drug-likeness (QED) is 0.618.